The molecule has 3 aromatic heterocycles. The van der Waals surface area contributed by atoms with Gasteiger partial charge in [0.25, 0.3) is 5.89 Å². The van der Waals surface area contributed by atoms with Crippen LogP contribution in [0, 0.1) is 0 Å². The Labute approximate surface area is 207 Å². The monoisotopic (exact) mass is 526 g/mol. The van der Waals surface area contributed by atoms with Gasteiger partial charge >= 0.3 is 6.18 Å². The van der Waals surface area contributed by atoms with Gasteiger partial charge in [-0.15, -0.1) is 0 Å². The Hall–Kier alpha value is -4.10. The normalized spacial score (nSPS) is 14.4. The highest BCUT2D eigenvalue weighted by Gasteiger charge is 2.31. The van der Waals surface area contributed by atoms with Crippen LogP contribution in [0.4, 0.5) is 13.2 Å². The molecule has 2 aromatic carbocycles. The Morgan fingerprint density at radius 2 is 1.76 bits per heavy atom. The van der Waals surface area contributed by atoms with Crippen molar-refractivity contribution in [3.63, 3.8) is 0 Å². The van der Waals surface area contributed by atoms with E-state index in [1.807, 2.05) is 6.07 Å². The molecule has 0 unspecified atom stereocenters. The molecular formula is C24H17F3N6O3S. The third-order valence-corrected chi connectivity index (χ3v) is 6.99. The van der Waals surface area contributed by atoms with Crippen molar-refractivity contribution in [2.45, 2.75) is 29.8 Å². The molecule has 188 valence electrons. The van der Waals surface area contributed by atoms with Gasteiger partial charge in [0.05, 0.1) is 22.3 Å². The van der Waals surface area contributed by atoms with Crippen molar-refractivity contribution in [2.24, 2.45) is 5.14 Å². The Kier molecular flexibility index (Phi) is 5.17. The van der Waals surface area contributed by atoms with Crippen LogP contribution in [0.3, 0.4) is 0 Å². The fourth-order valence-electron chi connectivity index (χ4n) is 4.05. The average Bonchev–Trinajstić information content (AvgIpc) is 3.43. The van der Waals surface area contributed by atoms with Gasteiger partial charge in [0.15, 0.2) is 5.65 Å². The van der Waals surface area contributed by atoms with Crippen molar-refractivity contribution >= 4 is 15.7 Å². The Morgan fingerprint density at radius 1 is 1.00 bits per heavy atom. The van der Waals surface area contributed by atoms with E-state index in [-0.39, 0.29) is 22.5 Å². The van der Waals surface area contributed by atoms with Crippen molar-refractivity contribution in [2.75, 3.05) is 0 Å². The predicted molar refractivity (Wildman–Crippen MR) is 126 cm³/mol. The highest BCUT2D eigenvalue weighted by Crippen LogP contribution is 2.42. The summed E-state index contributed by atoms with van der Waals surface area (Å²) in [5, 5.41) is 13.6. The van der Waals surface area contributed by atoms with E-state index in [0.29, 0.717) is 28.0 Å². The molecule has 6 rings (SSSR count). The maximum absolute atomic E-state index is 13.0. The van der Waals surface area contributed by atoms with Crippen LogP contribution in [0.15, 0.2) is 70.2 Å². The van der Waals surface area contributed by atoms with Crippen molar-refractivity contribution in [1.82, 2.24) is 24.7 Å². The number of rotatable bonds is 5. The molecule has 13 heteroatoms. The molecule has 0 radical (unpaired) electrons. The van der Waals surface area contributed by atoms with Crippen LogP contribution in [0.5, 0.6) is 0 Å². The van der Waals surface area contributed by atoms with Gasteiger partial charge in [-0.3, -0.25) is 0 Å². The molecule has 1 aliphatic carbocycles. The summed E-state index contributed by atoms with van der Waals surface area (Å²) in [5.74, 6) is 0.497. The van der Waals surface area contributed by atoms with E-state index in [0.717, 1.165) is 30.7 Å². The van der Waals surface area contributed by atoms with E-state index in [1.54, 1.807) is 10.6 Å². The molecule has 2 N–H and O–H groups in total. The second kappa shape index (κ2) is 8.21. The number of primary sulfonamides is 1. The second-order valence-electron chi connectivity index (χ2n) is 8.71. The van der Waals surface area contributed by atoms with Gasteiger partial charge in [-0.25, -0.2) is 23.1 Å². The largest absolute Gasteiger partial charge is 0.416 e. The van der Waals surface area contributed by atoms with Crippen LogP contribution in [0.2, 0.25) is 0 Å². The maximum atomic E-state index is 13.0. The number of fused-ring (bicyclic) bond motifs is 1. The molecule has 0 atom stereocenters. The number of benzene rings is 2. The van der Waals surface area contributed by atoms with Crippen molar-refractivity contribution in [3.05, 3.63) is 72.1 Å². The van der Waals surface area contributed by atoms with Gasteiger partial charge in [0.1, 0.15) is 5.56 Å². The molecule has 1 aliphatic rings. The third-order valence-electron chi connectivity index (χ3n) is 6.08. The number of sulfonamides is 1. The number of halogens is 3. The average molecular weight is 527 g/mol. The topological polar surface area (TPSA) is 129 Å². The fourth-order valence-corrected chi connectivity index (χ4v) is 4.61. The van der Waals surface area contributed by atoms with Gasteiger partial charge < -0.3 is 4.52 Å². The highest BCUT2D eigenvalue weighted by molar-refractivity contribution is 7.89. The Morgan fingerprint density at radius 3 is 2.43 bits per heavy atom. The summed E-state index contributed by atoms with van der Waals surface area (Å²) >= 11 is 0. The standard InChI is InChI=1S/C24H17F3N6O3S/c25-24(26,27)16-8-6-13(7-9-16)19-11-20(14-4-5-14)33-22(30-19)18(12-29-33)23-31-21(32-36-23)15-2-1-3-17(10-15)37(28,34)35/h1-3,6-12,14H,4-5H2,(H2,28,34,35). The quantitative estimate of drug-likeness (QED) is 0.353. The van der Waals surface area contributed by atoms with E-state index in [9.17, 15) is 21.6 Å². The molecule has 0 spiro atoms. The first-order valence-corrected chi connectivity index (χ1v) is 12.7. The molecule has 0 saturated heterocycles. The van der Waals surface area contributed by atoms with Gasteiger partial charge in [-0.2, -0.15) is 23.3 Å². The van der Waals surface area contributed by atoms with E-state index in [2.05, 4.69) is 20.2 Å². The summed E-state index contributed by atoms with van der Waals surface area (Å²) in [6, 6.07) is 12.5. The van der Waals surface area contributed by atoms with E-state index in [4.69, 9.17) is 9.66 Å². The molecular weight excluding hydrogens is 509 g/mol. The van der Waals surface area contributed by atoms with Crippen LogP contribution in [-0.2, 0) is 16.2 Å². The number of nitrogens with zero attached hydrogens (tertiary/aromatic N) is 5. The first-order valence-electron chi connectivity index (χ1n) is 11.1. The summed E-state index contributed by atoms with van der Waals surface area (Å²) in [4.78, 5) is 8.97. The minimum absolute atomic E-state index is 0.0933. The van der Waals surface area contributed by atoms with Gasteiger partial charge in [0.2, 0.25) is 15.8 Å². The Balaban J connectivity index is 1.43. The number of hydrogen-bond acceptors (Lipinski definition) is 7. The molecule has 3 heterocycles. The Bertz CT molecular complexity index is 1760. The van der Waals surface area contributed by atoms with Gasteiger partial charge in [-0.1, -0.05) is 29.4 Å². The zero-order valence-electron chi connectivity index (χ0n) is 18.8. The van der Waals surface area contributed by atoms with Crippen LogP contribution >= 0.6 is 0 Å². The SMILES string of the molecule is NS(=O)(=O)c1cccc(-c2noc(-c3cnn4c(C5CC5)cc(-c5ccc(C(F)(F)F)cc5)nc34)n2)c1. The molecule has 1 saturated carbocycles. The van der Waals surface area contributed by atoms with Crippen molar-refractivity contribution < 1.29 is 26.1 Å². The predicted octanol–water partition coefficient (Wildman–Crippen LogP) is 4.66. The molecule has 5 aromatic rings. The lowest BCUT2D eigenvalue weighted by Crippen LogP contribution is -2.11. The summed E-state index contributed by atoms with van der Waals surface area (Å²) in [6.45, 7) is 0. The minimum atomic E-state index is -4.43. The number of alkyl halides is 3. The first-order chi connectivity index (χ1) is 17.6. The molecule has 0 aliphatic heterocycles. The van der Waals surface area contributed by atoms with Gasteiger partial charge in [-0.05, 0) is 43.2 Å². The summed E-state index contributed by atoms with van der Waals surface area (Å²) in [6.07, 6.45) is -0.974. The molecule has 1 fully saturated rings. The second-order valence-corrected chi connectivity index (χ2v) is 10.3. The molecule has 37 heavy (non-hydrogen) atoms. The zero-order chi connectivity index (χ0) is 25.9. The fraction of sp³-hybridized carbons (Fsp3) is 0.167. The highest BCUT2D eigenvalue weighted by atomic mass is 32.2. The zero-order valence-corrected chi connectivity index (χ0v) is 19.7. The molecule has 0 amide bonds. The number of aromatic nitrogens is 5. The summed E-state index contributed by atoms with van der Waals surface area (Å²) in [5.41, 5.74) is 2.38. The van der Waals surface area contributed by atoms with E-state index >= 15 is 0 Å². The minimum Gasteiger partial charge on any atom is -0.333 e. The third kappa shape index (κ3) is 4.36. The van der Waals surface area contributed by atoms with Crippen LogP contribution in [0.25, 0.3) is 39.7 Å². The lowest BCUT2D eigenvalue weighted by atomic mass is 10.1. The van der Waals surface area contributed by atoms with Crippen LogP contribution in [-0.4, -0.2) is 33.2 Å². The van der Waals surface area contributed by atoms with E-state index in [1.165, 1.54) is 36.5 Å². The number of hydrogen-bond donors (Lipinski definition) is 1. The van der Waals surface area contributed by atoms with E-state index < -0.39 is 21.8 Å². The van der Waals surface area contributed by atoms with Crippen LogP contribution < -0.4 is 5.14 Å². The first kappa shape index (κ1) is 23.3. The molecule has 9 nitrogen and oxygen atoms in total. The molecule has 0 bridgehead atoms. The lowest BCUT2D eigenvalue weighted by Gasteiger charge is -2.10. The maximum Gasteiger partial charge on any atom is 0.416 e. The van der Waals surface area contributed by atoms with Crippen LogP contribution in [0.1, 0.15) is 30.0 Å². The number of nitrogens with two attached hydrogens (primary N) is 1. The summed E-state index contributed by atoms with van der Waals surface area (Å²) < 4.78 is 69.6. The van der Waals surface area contributed by atoms with Gasteiger partial charge in [0, 0.05) is 22.7 Å². The lowest BCUT2D eigenvalue weighted by molar-refractivity contribution is -0.137. The van der Waals surface area contributed by atoms with Crippen molar-refractivity contribution in [3.8, 4) is 34.1 Å². The smallest absolute Gasteiger partial charge is 0.333 e. The van der Waals surface area contributed by atoms with Crippen molar-refractivity contribution in [1.29, 1.82) is 0 Å². The summed E-state index contributed by atoms with van der Waals surface area (Å²) in [7, 11) is -3.92.